The van der Waals surface area contributed by atoms with E-state index >= 15 is 0 Å². The zero-order valence-electron chi connectivity index (χ0n) is 14.8. The summed E-state index contributed by atoms with van der Waals surface area (Å²) in [6.07, 6.45) is 0. The van der Waals surface area contributed by atoms with Gasteiger partial charge in [0.25, 0.3) is 0 Å². The van der Waals surface area contributed by atoms with Crippen LogP contribution in [0.1, 0.15) is 17.3 Å². The standard InChI is InChI=1S/C22H18N2O3/c1-2-26-21(25)16-13-14-20-19(15-16)23-22(27-18-11-7-4-8-12-18)24(20)17-9-5-3-6-10-17/h3-15H,2H2,1H3. The van der Waals surface area contributed by atoms with Crippen molar-refractivity contribution in [2.75, 3.05) is 6.61 Å². The van der Waals surface area contributed by atoms with E-state index in [-0.39, 0.29) is 5.97 Å². The van der Waals surface area contributed by atoms with Gasteiger partial charge in [0, 0.05) is 0 Å². The summed E-state index contributed by atoms with van der Waals surface area (Å²) in [5.74, 6) is 0.329. The van der Waals surface area contributed by atoms with E-state index in [1.807, 2.05) is 71.3 Å². The summed E-state index contributed by atoms with van der Waals surface area (Å²) < 4.78 is 13.0. The number of rotatable bonds is 5. The van der Waals surface area contributed by atoms with Crippen molar-refractivity contribution in [3.05, 3.63) is 84.4 Å². The number of nitrogens with zero attached hydrogens (tertiary/aromatic N) is 2. The Labute approximate surface area is 156 Å². The minimum atomic E-state index is -0.362. The lowest BCUT2D eigenvalue weighted by atomic mass is 10.2. The number of benzene rings is 3. The van der Waals surface area contributed by atoms with Crippen molar-refractivity contribution in [3.8, 4) is 17.4 Å². The van der Waals surface area contributed by atoms with Crippen molar-refractivity contribution < 1.29 is 14.3 Å². The molecule has 27 heavy (non-hydrogen) atoms. The minimum absolute atomic E-state index is 0.331. The van der Waals surface area contributed by atoms with Gasteiger partial charge in [0.15, 0.2) is 0 Å². The number of hydrogen-bond acceptors (Lipinski definition) is 4. The van der Waals surface area contributed by atoms with Crippen molar-refractivity contribution in [2.24, 2.45) is 0 Å². The molecule has 1 heterocycles. The smallest absolute Gasteiger partial charge is 0.338 e. The molecule has 0 saturated carbocycles. The highest BCUT2D eigenvalue weighted by Gasteiger charge is 2.17. The van der Waals surface area contributed by atoms with E-state index in [0.29, 0.717) is 29.4 Å². The molecule has 134 valence electrons. The molecule has 0 saturated heterocycles. The van der Waals surface area contributed by atoms with Crippen molar-refractivity contribution in [1.29, 1.82) is 0 Å². The first-order valence-corrected chi connectivity index (χ1v) is 8.74. The lowest BCUT2D eigenvalue weighted by molar-refractivity contribution is 0.0526. The van der Waals surface area contributed by atoms with Crippen LogP contribution in [0.25, 0.3) is 16.7 Å². The molecule has 0 unspecified atom stereocenters. The Bertz CT molecular complexity index is 1070. The topological polar surface area (TPSA) is 53.4 Å². The third-order valence-electron chi connectivity index (χ3n) is 4.10. The number of fused-ring (bicyclic) bond motifs is 1. The molecule has 0 aliphatic heterocycles. The number of ether oxygens (including phenoxy) is 2. The van der Waals surface area contributed by atoms with E-state index < -0.39 is 0 Å². The first-order valence-electron chi connectivity index (χ1n) is 8.74. The van der Waals surface area contributed by atoms with Gasteiger partial charge in [-0.2, -0.15) is 4.98 Å². The highest BCUT2D eigenvalue weighted by molar-refractivity contribution is 5.94. The Kier molecular flexibility index (Phi) is 4.58. The van der Waals surface area contributed by atoms with Crippen LogP contribution in [0.3, 0.4) is 0 Å². The summed E-state index contributed by atoms with van der Waals surface area (Å²) in [5, 5.41) is 0. The van der Waals surface area contributed by atoms with E-state index in [1.54, 1.807) is 19.1 Å². The molecule has 4 rings (SSSR count). The molecule has 3 aromatic carbocycles. The second-order valence-electron chi connectivity index (χ2n) is 5.90. The van der Waals surface area contributed by atoms with E-state index in [2.05, 4.69) is 4.98 Å². The number of carbonyl (C=O) groups excluding carboxylic acids is 1. The van der Waals surface area contributed by atoms with Crippen LogP contribution >= 0.6 is 0 Å². The maximum atomic E-state index is 12.1. The van der Waals surface area contributed by atoms with E-state index in [0.717, 1.165) is 11.2 Å². The molecule has 1 aromatic heterocycles. The van der Waals surface area contributed by atoms with E-state index in [1.165, 1.54) is 0 Å². The zero-order chi connectivity index (χ0) is 18.6. The van der Waals surface area contributed by atoms with Gasteiger partial charge in [-0.3, -0.25) is 4.57 Å². The predicted molar refractivity (Wildman–Crippen MR) is 104 cm³/mol. The number of aromatic nitrogens is 2. The Balaban J connectivity index is 1.85. The van der Waals surface area contributed by atoms with Crippen LogP contribution in [-0.2, 0) is 4.74 Å². The Morgan fingerprint density at radius 2 is 1.67 bits per heavy atom. The van der Waals surface area contributed by atoms with Crippen LogP contribution < -0.4 is 4.74 Å². The molecule has 0 N–H and O–H groups in total. The van der Waals surface area contributed by atoms with Crippen LogP contribution in [0.15, 0.2) is 78.9 Å². The number of hydrogen-bond donors (Lipinski definition) is 0. The number of para-hydroxylation sites is 2. The highest BCUT2D eigenvalue weighted by Crippen LogP contribution is 2.30. The lowest BCUT2D eigenvalue weighted by Gasteiger charge is -2.10. The molecular formula is C22H18N2O3. The minimum Gasteiger partial charge on any atom is -0.462 e. The average Bonchev–Trinajstić information content (AvgIpc) is 3.06. The Morgan fingerprint density at radius 1 is 0.963 bits per heavy atom. The molecule has 5 heteroatoms. The maximum Gasteiger partial charge on any atom is 0.338 e. The second-order valence-corrected chi connectivity index (χ2v) is 5.90. The molecule has 0 fully saturated rings. The number of esters is 1. The fraction of sp³-hybridized carbons (Fsp3) is 0.0909. The van der Waals surface area contributed by atoms with Gasteiger partial charge in [0.1, 0.15) is 5.75 Å². The van der Waals surface area contributed by atoms with Crippen LogP contribution in [0.4, 0.5) is 0 Å². The zero-order valence-corrected chi connectivity index (χ0v) is 14.8. The third kappa shape index (κ3) is 3.40. The summed E-state index contributed by atoms with van der Waals surface area (Å²) in [6, 6.07) is 25.1. The van der Waals surface area contributed by atoms with Gasteiger partial charge in [0.2, 0.25) is 0 Å². The van der Waals surface area contributed by atoms with Gasteiger partial charge in [-0.1, -0.05) is 36.4 Å². The molecule has 0 bridgehead atoms. The van der Waals surface area contributed by atoms with Crippen molar-refractivity contribution in [1.82, 2.24) is 9.55 Å². The fourth-order valence-corrected chi connectivity index (χ4v) is 2.89. The Morgan fingerprint density at radius 3 is 2.37 bits per heavy atom. The molecule has 0 spiro atoms. The SMILES string of the molecule is CCOC(=O)c1ccc2c(c1)nc(Oc1ccccc1)n2-c1ccccc1. The summed E-state index contributed by atoms with van der Waals surface area (Å²) >= 11 is 0. The molecule has 4 aromatic rings. The van der Waals surface area contributed by atoms with Gasteiger partial charge in [0.05, 0.1) is 28.9 Å². The summed E-state index contributed by atoms with van der Waals surface area (Å²) in [4.78, 5) is 16.7. The largest absolute Gasteiger partial charge is 0.462 e. The van der Waals surface area contributed by atoms with E-state index in [9.17, 15) is 4.79 Å². The van der Waals surface area contributed by atoms with Gasteiger partial charge in [-0.15, -0.1) is 0 Å². The van der Waals surface area contributed by atoms with Gasteiger partial charge < -0.3 is 9.47 Å². The first kappa shape index (κ1) is 16.8. The predicted octanol–water partition coefficient (Wildman–Crippen LogP) is 4.99. The first-order chi connectivity index (χ1) is 13.3. The summed E-state index contributed by atoms with van der Waals surface area (Å²) in [5.41, 5.74) is 2.90. The molecule has 0 amide bonds. The quantitative estimate of drug-likeness (QED) is 0.471. The average molecular weight is 358 g/mol. The highest BCUT2D eigenvalue weighted by atomic mass is 16.5. The van der Waals surface area contributed by atoms with Crippen LogP contribution in [0.5, 0.6) is 11.8 Å². The molecule has 0 atom stereocenters. The van der Waals surface area contributed by atoms with Crippen molar-refractivity contribution >= 4 is 17.0 Å². The van der Waals surface area contributed by atoms with Crippen LogP contribution in [0.2, 0.25) is 0 Å². The molecule has 0 aliphatic rings. The number of imidazole rings is 1. The third-order valence-corrected chi connectivity index (χ3v) is 4.10. The van der Waals surface area contributed by atoms with Gasteiger partial charge >= 0.3 is 12.0 Å². The molecular weight excluding hydrogens is 340 g/mol. The normalized spacial score (nSPS) is 10.7. The summed E-state index contributed by atoms with van der Waals surface area (Å²) in [7, 11) is 0. The second kappa shape index (κ2) is 7.33. The van der Waals surface area contributed by atoms with Gasteiger partial charge in [-0.25, -0.2) is 4.79 Å². The molecule has 0 aliphatic carbocycles. The fourth-order valence-electron chi connectivity index (χ4n) is 2.89. The van der Waals surface area contributed by atoms with Crippen molar-refractivity contribution in [3.63, 3.8) is 0 Å². The molecule has 5 nitrogen and oxygen atoms in total. The van der Waals surface area contributed by atoms with Crippen molar-refractivity contribution in [2.45, 2.75) is 6.92 Å². The maximum absolute atomic E-state index is 12.1. The monoisotopic (exact) mass is 358 g/mol. The molecule has 0 radical (unpaired) electrons. The van der Waals surface area contributed by atoms with Crippen LogP contribution in [0, 0.1) is 0 Å². The lowest BCUT2D eigenvalue weighted by Crippen LogP contribution is -2.04. The number of carbonyl (C=O) groups is 1. The van der Waals surface area contributed by atoms with Gasteiger partial charge in [-0.05, 0) is 49.4 Å². The van der Waals surface area contributed by atoms with E-state index in [4.69, 9.17) is 9.47 Å². The summed E-state index contributed by atoms with van der Waals surface area (Å²) in [6.45, 7) is 2.12. The Hall–Kier alpha value is -3.60. The van der Waals surface area contributed by atoms with Crippen LogP contribution in [-0.4, -0.2) is 22.1 Å².